The van der Waals surface area contributed by atoms with Gasteiger partial charge in [-0.05, 0) is 31.0 Å². The van der Waals surface area contributed by atoms with Crippen LogP contribution in [0.1, 0.15) is 25.5 Å². The standard InChI is InChI=1S/C21H23N7O/c1-21(7-8-21)20(29)23-10-12-5-4-6-14(25-12)15-9-13-17-16(24-11-28(17)3)19(22-2)27-18(13)26-15/h4-6,9,11H,7-8,10H2,1-3H3,(H,23,29)(H2,22,26,27). The molecule has 0 unspecified atom stereocenters. The molecule has 0 aliphatic heterocycles. The van der Waals surface area contributed by atoms with Crippen LogP contribution in [-0.2, 0) is 18.4 Å². The van der Waals surface area contributed by atoms with Gasteiger partial charge in [0.05, 0.1) is 35.5 Å². The Morgan fingerprint density at radius 2 is 2.14 bits per heavy atom. The van der Waals surface area contributed by atoms with E-state index < -0.39 is 0 Å². The quantitative estimate of drug-likeness (QED) is 0.487. The summed E-state index contributed by atoms with van der Waals surface area (Å²) in [5, 5.41) is 7.12. The summed E-state index contributed by atoms with van der Waals surface area (Å²) in [5.41, 5.74) is 4.98. The van der Waals surface area contributed by atoms with Crippen molar-refractivity contribution in [1.82, 2.24) is 29.8 Å². The predicted molar refractivity (Wildman–Crippen MR) is 112 cm³/mol. The molecule has 1 aliphatic carbocycles. The van der Waals surface area contributed by atoms with Crippen molar-refractivity contribution in [2.75, 3.05) is 12.4 Å². The maximum atomic E-state index is 12.2. The Hall–Kier alpha value is -3.42. The zero-order valence-electron chi connectivity index (χ0n) is 16.7. The van der Waals surface area contributed by atoms with Crippen LogP contribution >= 0.6 is 0 Å². The van der Waals surface area contributed by atoms with E-state index in [-0.39, 0.29) is 11.3 Å². The Kier molecular flexibility index (Phi) is 3.84. The molecular formula is C21H23N7O. The molecule has 0 saturated heterocycles. The van der Waals surface area contributed by atoms with Gasteiger partial charge in [0.15, 0.2) is 5.82 Å². The van der Waals surface area contributed by atoms with Gasteiger partial charge in [0.1, 0.15) is 11.2 Å². The van der Waals surface area contributed by atoms with Crippen LogP contribution in [0.25, 0.3) is 33.5 Å². The summed E-state index contributed by atoms with van der Waals surface area (Å²) in [5.74, 6) is 0.845. The molecule has 3 N–H and O–H groups in total. The van der Waals surface area contributed by atoms with Gasteiger partial charge in [-0.25, -0.2) is 15.0 Å². The van der Waals surface area contributed by atoms with Crippen molar-refractivity contribution < 1.29 is 4.79 Å². The first-order valence-corrected chi connectivity index (χ1v) is 9.74. The Bertz CT molecular complexity index is 1250. The van der Waals surface area contributed by atoms with Crippen molar-refractivity contribution in [1.29, 1.82) is 0 Å². The van der Waals surface area contributed by atoms with E-state index in [4.69, 9.17) is 4.98 Å². The number of carbonyl (C=O) groups is 1. The largest absolute Gasteiger partial charge is 0.371 e. The molecule has 8 nitrogen and oxygen atoms in total. The average molecular weight is 389 g/mol. The van der Waals surface area contributed by atoms with Crippen molar-refractivity contribution in [2.45, 2.75) is 26.3 Å². The first kappa shape index (κ1) is 17.7. The van der Waals surface area contributed by atoms with Gasteiger partial charge >= 0.3 is 0 Å². The summed E-state index contributed by atoms with van der Waals surface area (Å²) < 4.78 is 2.00. The van der Waals surface area contributed by atoms with Gasteiger partial charge < -0.3 is 20.2 Å². The fourth-order valence-electron chi connectivity index (χ4n) is 3.64. The highest BCUT2D eigenvalue weighted by Crippen LogP contribution is 2.45. The van der Waals surface area contributed by atoms with Crippen LogP contribution in [0.4, 0.5) is 5.82 Å². The van der Waals surface area contributed by atoms with Gasteiger partial charge in [0.25, 0.3) is 0 Å². The van der Waals surface area contributed by atoms with Crippen molar-refractivity contribution in [2.24, 2.45) is 12.5 Å². The summed E-state index contributed by atoms with van der Waals surface area (Å²) in [7, 11) is 3.82. The van der Waals surface area contributed by atoms with E-state index in [1.54, 1.807) is 6.33 Å². The third-order valence-corrected chi connectivity index (χ3v) is 5.73. The van der Waals surface area contributed by atoms with Crippen molar-refractivity contribution in [3.8, 4) is 11.4 Å². The molecule has 5 rings (SSSR count). The monoisotopic (exact) mass is 389 g/mol. The minimum atomic E-state index is -0.181. The SMILES string of the molecule is CNc1nc2[nH]c(-c3cccc(CNC(=O)C4(C)CC4)n3)cc2c2c1ncn2C. The van der Waals surface area contributed by atoms with Gasteiger partial charge in [-0.3, -0.25) is 4.79 Å². The van der Waals surface area contributed by atoms with Crippen LogP contribution in [0, 0.1) is 5.41 Å². The predicted octanol–water partition coefficient (Wildman–Crippen LogP) is 2.97. The highest BCUT2D eigenvalue weighted by atomic mass is 16.2. The molecule has 4 aromatic rings. The van der Waals surface area contributed by atoms with Crippen LogP contribution in [0.2, 0.25) is 0 Å². The Balaban J connectivity index is 1.50. The Morgan fingerprint density at radius 1 is 1.31 bits per heavy atom. The highest BCUT2D eigenvalue weighted by Gasteiger charge is 2.44. The molecule has 1 fully saturated rings. The number of pyridine rings is 2. The average Bonchev–Trinajstić information content (AvgIpc) is 3.17. The van der Waals surface area contributed by atoms with Crippen molar-refractivity contribution in [3.05, 3.63) is 36.3 Å². The minimum Gasteiger partial charge on any atom is -0.371 e. The smallest absolute Gasteiger partial charge is 0.226 e. The van der Waals surface area contributed by atoms with E-state index >= 15 is 0 Å². The molecule has 0 aromatic carbocycles. The molecule has 0 spiro atoms. The molecule has 4 aromatic heterocycles. The van der Waals surface area contributed by atoms with Crippen LogP contribution in [0.5, 0.6) is 0 Å². The highest BCUT2D eigenvalue weighted by molar-refractivity contribution is 6.07. The van der Waals surface area contributed by atoms with Crippen molar-refractivity contribution in [3.63, 3.8) is 0 Å². The topological polar surface area (TPSA) is 101 Å². The molecule has 0 atom stereocenters. The number of nitrogens with zero attached hydrogens (tertiary/aromatic N) is 4. The zero-order valence-corrected chi connectivity index (χ0v) is 16.7. The number of carbonyl (C=O) groups excluding carboxylic acids is 1. The molecule has 8 heteroatoms. The number of amides is 1. The molecular weight excluding hydrogens is 366 g/mol. The van der Waals surface area contributed by atoms with Gasteiger partial charge in [-0.2, -0.15) is 0 Å². The molecule has 4 heterocycles. The van der Waals surface area contributed by atoms with Gasteiger partial charge in [-0.1, -0.05) is 13.0 Å². The van der Waals surface area contributed by atoms with Crippen LogP contribution < -0.4 is 10.6 Å². The summed E-state index contributed by atoms with van der Waals surface area (Å²) in [4.78, 5) is 29.4. The lowest BCUT2D eigenvalue weighted by Gasteiger charge is -2.10. The normalized spacial score (nSPS) is 15.0. The lowest BCUT2D eigenvalue weighted by Crippen LogP contribution is -2.30. The zero-order chi connectivity index (χ0) is 20.2. The lowest BCUT2D eigenvalue weighted by molar-refractivity contribution is -0.125. The first-order chi connectivity index (χ1) is 14.0. The number of aromatic amines is 1. The number of aromatic nitrogens is 5. The number of imidazole rings is 1. The minimum absolute atomic E-state index is 0.109. The molecule has 1 aliphatic rings. The molecule has 29 heavy (non-hydrogen) atoms. The second kappa shape index (κ2) is 6.30. The molecule has 148 valence electrons. The molecule has 1 saturated carbocycles. The van der Waals surface area contributed by atoms with Crippen molar-refractivity contribution >= 4 is 33.8 Å². The lowest BCUT2D eigenvalue weighted by atomic mass is 10.1. The molecule has 0 radical (unpaired) electrons. The maximum absolute atomic E-state index is 12.2. The number of H-pyrrole nitrogens is 1. The fraction of sp³-hybridized carbons (Fsp3) is 0.333. The van der Waals surface area contributed by atoms with E-state index in [0.29, 0.717) is 6.54 Å². The Labute approximate surface area is 167 Å². The molecule has 1 amide bonds. The van der Waals surface area contributed by atoms with E-state index in [9.17, 15) is 4.79 Å². The van der Waals surface area contributed by atoms with E-state index in [1.807, 2.05) is 43.8 Å². The van der Waals surface area contributed by atoms with E-state index in [2.05, 4.69) is 31.7 Å². The third kappa shape index (κ3) is 2.91. The number of nitrogens with one attached hydrogen (secondary N) is 3. The number of hydrogen-bond donors (Lipinski definition) is 3. The maximum Gasteiger partial charge on any atom is 0.226 e. The van der Waals surface area contributed by atoms with Gasteiger partial charge in [0, 0.05) is 24.9 Å². The first-order valence-electron chi connectivity index (χ1n) is 9.74. The number of fused-ring (bicyclic) bond motifs is 3. The third-order valence-electron chi connectivity index (χ3n) is 5.73. The van der Waals surface area contributed by atoms with E-state index in [1.165, 1.54) is 0 Å². The van der Waals surface area contributed by atoms with Gasteiger partial charge in [0.2, 0.25) is 5.91 Å². The summed E-state index contributed by atoms with van der Waals surface area (Å²) in [6, 6.07) is 7.90. The number of anilines is 1. The number of aryl methyl sites for hydroxylation is 1. The summed E-state index contributed by atoms with van der Waals surface area (Å²) in [6.07, 6.45) is 3.72. The Morgan fingerprint density at radius 3 is 2.90 bits per heavy atom. The summed E-state index contributed by atoms with van der Waals surface area (Å²) >= 11 is 0. The fourth-order valence-corrected chi connectivity index (χ4v) is 3.64. The van der Waals surface area contributed by atoms with E-state index in [0.717, 1.165) is 57.8 Å². The van der Waals surface area contributed by atoms with Crippen LogP contribution in [0.3, 0.4) is 0 Å². The second-order valence-corrected chi connectivity index (χ2v) is 7.97. The van der Waals surface area contributed by atoms with Crippen LogP contribution in [-0.4, -0.2) is 37.5 Å². The second-order valence-electron chi connectivity index (χ2n) is 7.97. The number of hydrogen-bond acceptors (Lipinski definition) is 5. The van der Waals surface area contributed by atoms with Crippen LogP contribution in [0.15, 0.2) is 30.6 Å². The number of rotatable bonds is 5. The summed E-state index contributed by atoms with van der Waals surface area (Å²) in [6.45, 7) is 2.43. The molecule has 0 bridgehead atoms. The van der Waals surface area contributed by atoms with Gasteiger partial charge in [-0.15, -0.1) is 0 Å².